The van der Waals surface area contributed by atoms with Crippen LogP contribution in [0.3, 0.4) is 0 Å². The van der Waals surface area contributed by atoms with Crippen LogP contribution in [-0.2, 0) is 6.42 Å². The number of likely N-dealkylation sites (N-methyl/N-ethyl adjacent to an activating group) is 2. The van der Waals surface area contributed by atoms with Crippen LogP contribution in [0.5, 0.6) is 0 Å². The molecule has 1 atom stereocenters. The summed E-state index contributed by atoms with van der Waals surface area (Å²) in [6.07, 6.45) is 2.88. The fraction of sp³-hybridized carbons (Fsp3) is 0.526. The molecule has 0 spiro atoms. The number of hydrogen-bond donors (Lipinski definition) is 2. The maximum atomic E-state index is 12.4. The number of carbonyl (C=O) groups excluding carboxylic acids is 1. The van der Waals surface area contributed by atoms with Gasteiger partial charge in [0.05, 0.1) is 0 Å². The first-order valence-electron chi connectivity index (χ1n) is 8.68. The number of fused-ring (bicyclic) bond motifs is 1. The van der Waals surface area contributed by atoms with Gasteiger partial charge in [0.1, 0.15) is 0 Å². The number of aromatic nitrogens is 1. The number of aryl methyl sites for hydroxylation is 1. The van der Waals surface area contributed by atoms with E-state index in [1.165, 1.54) is 22.0 Å². The quantitative estimate of drug-likeness (QED) is 0.820. The summed E-state index contributed by atoms with van der Waals surface area (Å²) in [5.74, 6) is 0. The second-order valence-corrected chi connectivity index (χ2v) is 6.69. The van der Waals surface area contributed by atoms with Gasteiger partial charge in [-0.15, -0.1) is 0 Å². The number of urea groups is 1. The summed E-state index contributed by atoms with van der Waals surface area (Å²) in [5, 5.41) is 4.31. The van der Waals surface area contributed by atoms with Gasteiger partial charge in [-0.3, -0.25) is 0 Å². The van der Waals surface area contributed by atoms with Crippen LogP contribution in [-0.4, -0.2) is 60.6 Å². The van der Waals surface area contributed by atoms with Crippen molar-refractivity contribution in [2.75, 3.05) is 33.7 Å². The number of H-pyrrole nitrogens is 1. The number of benzene rings is 1. The molecule has 0 aliphatic rings. The first-order valence-corrected chi connectivity index (χ1v) is 8.68. The third kappa shape index (κ3) is 4.29. The molecular formula is C19H30N4O. The Hall–Kier alpha value is -2.01. The lowest BCUT2D eigenvalue weighted by atomic mass is 10.1. The number of nitrogens with one attached hydrogen (secondary N) is 2. The molecule has 0 saturated carbocycles. The first kappa shape index (κ1) is 18.3. The number of para-hydroxylation sites is 1. The molecule has 2 amide bonds. The largest absolute Gasteiger partial charge is 0.361 e. The molecule has 0 radical (unpaired) electrons. The Morgan fingerprint density at radius 1 is 1.33 bits per heavy atom. The summed E-state index contributed by atoms with van der Waals surface area (Å²) in [4.78, 5) is 19.8. The van der Waals surface area contributed by atoms with Gasteiger partial charge in [-0.2, -0.15) is 0 Å². The number of aromatic amines is 1. The third-order valence-corrected chi connectivity index (χ3v) is 4.44. The summed E-state index contributed by atoms with van der Waals surface area (Å²) >= 11 is 0. The van der Waals surface area contributed by atoms with Crippen LogP contribution in [0.2, 0.25) is 0 Å². The Labute approximate surface area is 145 Å². The standard InChI is InChI=1S/C19H30N4O/c1-6-23(15(3)13-22(4)5)19(24)20-11-10-16-12-21-18-14(2)8-7-9-17(16)18/h7-9,12,15,21H,6,10-11,13H2,1-5H3,(H,20,24). The first-order chi connectivity index (χ1) is 11.4. The van der Waals surface area contributed by atoms with Gasteiger partial charge >= 0.3 is 6.03 Å². The van der Waals surface area contributed by atoms with E-state index in [-0.39, 0.29) is 12.1 Å². The van der Waals surface area contributed by atoms with Gasteiger partial charge in [0.15, 0.2) is 0 Å². The zero-order chi connectivity index (χ0) is 17.7. The zero-order valence-electron chi connectivity index (χ0n) is 15.5. The van der Waals surface area contributed by atoms with E-state index in [1.807, 2.05) is 25.9 Å². The van der Waals surface area contributed by atoms with E-state index in [4.69, 9.17) is 0 Å². The molecule has 1 aromatic carbocycles. The van der Waals surface area contributed by atoms with Crippen molar-refractivity contribution in [3.8, 4) is 0 Å². The fourth-order valence-electron chi connectivity index (χ4n) is 3.26. The van der Waals surface area contributed by atoms with Crippen LogP contribution in [0.4, 0.5) is 4.79 Å². The molecule has 0 aliphatic heterocycles. The molecule has 2 N–H and O–H groups in total. The van der Waals surface area contributed by atoms with Gasteiger partial charge in [-0.05, 0) is 52.4 Å². The molecule has 24 heavy (non-hydrogen) atoms. The van der Waals surface area contributed by atoms with Crippen molar-refractivity contribution in [1.82, 2.24) is 20.1 Å². The highest BCUT2D eigenvalue weighted by Gasteiger charge is 2.18. The molecule has 0 fully saturated rings. The van der Waals surface area contributed by atoms with Crippen LogP contribution in [0.15, 0.2) is 24.4 Å². The Balaban J connectivity index is 1.92. The molecule has 2 aromatic rings. The van der Waals surface area contributed by atoms with Crippen molar-refractivity contribution in [1.29, 1.82) is 0 Å². The van der Waals surface area contributed by atoms with E-state index in [1.54, 1.807) is 0 Å². The Morgan fingerprint density at radius 3 is 2.75 bits per heavy atom. The molecule has 5 heteroatoms. The summed E-state index contributed by atoms with van der Waals surface area (Å²) in [6, 6.07) is 6.53. The maximum Gasteiger partial charge on any atom is 0.317 e. The highest BCUT2D eigenvalue weighted by molar-refractivity contribution is 5.86. The van der Waals surface area contributed by atoms with Crippen LogP contribution in [0, 0.1) is 6.92 Å². The van der Waals surface area contributed by atoms with E-state index in [9.17, 15) is 4.79 Å². The minimum absolute atomic E-state index is 0.0165. The summed E-state index contributed by atoms with van der Waals surface area (Å²) in [7, 11) is 4.06. The van der Waals surface area contributed by atoms with Crippen LogP contribution < -0.4 is 5.32 Å². The predicted molar refractivity (Wildman–Crippen MR) is 101 cm³/mol. The smallest absolute Gasteiger partial charge is 0.317 e. The normalized spacial score (nSPS) is 12.6. The van der Waals surface area contributed by atoms with E-state index in [0.29, 0.717) is 13.1 Å². The average Bonchev–Trinajstić information content (AvgIpc) is 2.92. The molecular weight excluding hydrogens is 300 g/mol. The van der Waals surface area contributed by atoms with Gasteiger partial charge in [0.2, 0.25) is 0 Å². The average molecular weight is 330 g/mol. The summed E-state index contributed by atoms with van der Waals surface area (Å²) in [6.45, 7) is 8.44. The van der Waals surface area contributed by atoms with Crippen molar-refractivity contribution in [2.45, 2.75) is 33.2 Å². The predicted octanol–water partition coefficient (Wildman–Crippen LogP) is 3.00. The van der Waals surface area contributed by atoms with Crippen LogP contribution in [0.1, 0.15) is 25.0 Å². The van der Waals surface area contributed by atoms with Gasteiger partial charge in [0.25, 0.3) is 0 Å². The Morgan fingerprint density at radius 2 is 2.08 bits per heavy atom. The van der Waals surface area contributed by atoms with Crippen LogP contribution >= 0.6 is 0 Å². The van der Waals surface area contributed by atoms with Crippen molar-refractivity contribution >= 4 is 16.9 Å². The second-order valence-electron chi connectivity index (χ2n) is 6.69. The summed E-state index contributed by atoms with van der Waals surface area (Å²) in [5.41, 5.74) is 3.68. The fourth-order valence-corrected chi connectivity index (χ4v) is 3.26. The number of carbonyl (C=O) groups is 1. The topological polar surface area (TPSA) is 51.4 Å². The highest BCUT2D eigenvalue weighted by atomic mass is 16.2. The van der Waals surface area contributed by atoms with Crippen molar-refractivity contribution in [3.63, 3.8) is 0 Å². The van der Waals surface area contributed by atoms with Gasteiger partial charge in [-0.25, -0.2) is 4.79 Å². The SMILES string of the molecule is CCN(C(=O)NCCc1c[nH]c2c(C)cccc12)C(C)CN(C)C. The molecule has 1 aromatic heterocycles. The lowest BCUT2D eigenvalue weighted by Crippen LogP contribution is -2.48. The molecule has 0 saturated heterocycles. The number of amides is 2. The molecule has 0 bridgehead atoms. The van der Waals surface area contributed by atoms with E-state index in [0.717, 1.165) is 13.0 Å². The monoisotopic (exact) mass is 330 g/mol. The van der Waals surface area contributed by atoms with Crippen molar-refractivity contribution in [3.05, 3.63) is 35.5 Å². The number of hydrogen-bond acceptors (Lipinski definition) is 2. The number of rotatable bonds is 7. The molecule has 1 unspecified atom stereocenters. The van der Waals surface area contributed by atoms with Gasteiger partial charge in [-0.1, -0.05) is 18.2 Å². The molecule has 132 valence electrons. The molecule has 2 rings (SSSR count). The minimum Gasteiger partial charge on any atom is -0.361 e. The van der Waals surface area contributed by atoms with Gasteiger partial charge < -0.3 is 20.1 Å². The molecule has 1 heterocycles. The van der Waals surface area contributed by atoms with E-state index in [2.05, 4.69) is 53.4 Å². The zero-order valence-corrected chi connectivity index (χ0v) is 15.5. The number of nitrogens with zero attached hydrogens (tertiary/aromatic N) is 2. The van der Waals surface area contributed by atoms with Crippen molar-refractivity contribution in [2.24, 2.45) is 0 Å². The van der Waals surface area contributed by atoms with E-state index < -0.39 is 0 Å². The van der Waals surface area contributed by atoms with Crippen molar-refractivity contribution < 1.29 is 4.79 Å². The molecule has 0 aliphatic carbocycles. The third-order valence-electron chi connectivity index (χ3n) is 4.44. The van der Waals surface area contributed by atoms with Crippen LogP contribution in [0.25, 0.3) is 10.9 Å². The Kier molecular flexibility index (Phi) is 6.26. The minimum atomic E-state index is 0.0165. The van der Waals surface area contributed by atoms with E-state index >= 15 is 0 Å². The Bertz CT molecular complexity index is 677. The maximum absolute atomic E-state index is 12.4. The van der Waals surface area contributed by atoms with Gasteiger partial charge in [0, 0.05) is 42.8 Å². The lowest BCUT2D eigenvalue weighted by Gasteiger charge is -2.30. The highest BCUT2D eigenvalue weighted by Crippen LogP contribution is 2.21. The lowest BCUT2D eigenvalue weighted by molar-refractivity contribution is 0.169. The molecule has 5 nitrogen and oxygen atoms in total. The second kappa shape index (κ2) is 8.20. The summed E-state index contributed by atoms with van der Waals surface area (Å²) < 4.78 is 0.